The van der Waals surface area contributed by atoms with Crippen LogP contribution in [0.4, 0.5) is 0 Å². The molecule has 0 bridgehead atoms. The summed E-state index contributed by atoms with van der Waals surface area (Å²) < 4.78 is 4.87. The molecule has 1 aliphatic heterocycles. The second-order valence-electron chi connectivity index (χ2n) is 1.70. The second kappa shape index (κ2) is 2.55. The Morgan fingerprint density at radius 2 is 2.62 bits per heavy atom. The van der Waals surface area contributed by atoms with Gasteiger partial charge >= 0.3 is 0 Å². The van der Waals surface area contributed by atoms with E-state index in [2.05, 4.69) is 10.0 Å². The van der Waals surface area contributed by atoms with Crippen LogP contribution in [0.2, 0.25) is 0 Å². The van der Waals surface area contributed by atoms with Crippen LogP contribution in [-0.4, -0.2) is 19.3 Å². The molecule has 0 aliphatic carbocycles. The molecule has 1 heterocycles. The highest BCUT2D eigenvalue weighted by Gasteiger charge is 2.20. The summed E-state index contributed by atoms with van der Waals surface area (Å²) in [5.41, 5.74) is 7.82. The topological polar surface area (TPSA) is 61.3 Å². The van der Waals surface area contributed by atoms with Gasteiger partial charge in [-0.1, -0.05) is 5.11 Å². The highest BCUT2D eigenvalue weighted by molar-refractivity contribution is 4.69. The molecule has 0 radical (unpaired) electrons. The van der Waals surface area contributed by atoms with Crippen LogP contribution >= 0.6 is 0 Å². The fourth-order valence-corrected chi connectivity index (χ4v) is 0.481. The van der Waals surface area contributed by atoms with Gasteiger partial charge in [-0.15, -0.1) is 0 Å². The van der Waals surface area contributed by atoms with E-state index in [1.54, 1.807) is 0 Å². The molecule has 8 heavy (non-hydrogen) atoms. The molecule has 1 rings (SSSR count). The number of hydrogen-bond acceptors (Lipinski definition) is 2. The van der Waals surface area contributed by atoms with E-state index < -0.39 is 0 Å². The molecule has 0 aromatic carbocycles. The Kier molecular flexibility index (Phi) is 1.72. The molecule has 1 atom stereocenters. The molecule has 0 aromatic rings. The third kappa shape index (κ3) is 1.82. The van der Waals surface area contributed by atoms with Gasteiger partial charge in [-0.25, -0.2) is 0 Å². The van der Waals surface area contributed by atoms with Gasteiger partial charge in [0.15, 0.2) is 0 Å². The van der Waals surface area contributed by atoms with Crippen LogP contribution in [0.3, 0.4) is 0 Å². The zero-order valence-corrected chi connectivity index (χ0v) is 4.45. The lowest BCUT2D eigenvalue weighted by Gasteiger charge is -1.81. The maximum atomic E-state index is 7.82. The van der Waals surface area contributed by atoms with E-state index >= 15 is 0 Å². The number of azide groups is 1. The van der Waals surface area contributed by atoms with Crippen molar-refractivity contribution < 1.29 is 4.74 Å². The van der Waals surface area contributed by atoms with Crippen LogP contribution in [0, 0.1) is 0 Å². The Bertz CT molecular complexity index is 114. The highest BCUT2D eigenvalue weighted by atomic mass is 16.6. The van der Waals surface area contributed by atoms with Gasteiger partial charge in [0.25, 0.3) is 0 Å². The number of ether oxygens (including phenoxy) is 1. The SMILES string of the molecule is [N-]=[N+]=NCC[C@H]1CO1. The number of epoxide rings is 1. The molecule has 1 aliphatic rings. The maximum absolute atomic E-state index is 7.82. The lowest BCUT2D eigenvalue weighted by Crippen LogP contribution is -1.86. The van der Waals surface area contributed by atoms with Gasteiger partial charge < -0.3 is 4.74 Å². The predicted molar refractivity (Wildman–Crippen MR) is 28.4 cm³/mol. The zero-order chi connectivity index (χ0) is 5.82. The first-order valence-corrected chi connectivity index (χ1v) is 2.56. The van der Waals surface area contributed by atoms with Gasteiger partial charge in [-0.2, -0.15) is 0 Å². The molecule has 0 N–H and O–H groups in total. The zero-order valence-electron chi connectivity index (χ0n) is 4.45. The quantitative estimate of drug-likeness (QED) is 0.234. The normalized spacial score (nSPS) is 24.2. The van der Waals surface area contributed by atoms with Crippen LogP contribution < -0.4 is 0 Å². The van der Waals surface area contributed by atoms with Crippen molar-refractivity contribution in [3.8, 4) is 0 Å². The van der Waals surface area contributed by atoms with Crippen molar-refractivity contribution in [1.29, 1.82) is 0 Å². The van der Waals surface area contributed by atoms with Crippen LogP contribution in [0.5, 0.6) is 0 Å². The summed E-state index contributed by atoms with van der Waals surface area (Å²) in [6.07, 6.45) is 1.27. The van der Waals surface area contributed by atoms with E-state index in [1.807, 2.05) is 0 Å². The molecule has 4 heteroatoms. The summed E-state index contributed by atoms with van der Waals surface area (Å²) in [4.78, 5) is 2.60. The van der Waals surface area contributed by atoms with E-state index in [9.17, 15) is 0 Å². The van der Waals surface area contributed by atoms with Crippen LogP contribution in [0.25, 0.3) is 10.4 Å². The van der Waals surface area contributed by atoms with Crippen molar-refractivity contribution in [2.75, 3.05) is 13.2 Å². The van der Waals surface area contributed by atoms with Crippen molar-refractivity contribution >= 4 is 0 Å². The average Bonchev–Trinajstić information content (AvgIpc) is 2.51. The molecule has 4 nitrogen and oxygen atoms in total. The second-order valence-corrected chi connectivity index (χ2v) is 1.70. The summed E-state index contributed by atoms with van der Waals surface area (Å²) in [6, 6.07) is 0. The lowest BCUT2D eigenvalue weighted by atomic mass is 10.3. The van der Waals surface area contributed by atoms with Crippen molar-refractivity contribution in [1.82, 2.24) is 0 Å². The Hall–Kier alpha value is -0.730. The van der Waals surface area contributed by atoms with E-state index in [0.717, 1.165) is 13.0 Å². The third-order valence-corrected chi connectivity index (χ3v) is 1.02. The average molecular weight is 113 g/mol. The molecular formula is C4H7N3O. The Balaban J connectivity index is 1.95. The fraction of sp³-hybridized carbons (Fsp3) is 1.00. The summed E-state index contributed by atoms with van der Waals surface area (Å²) in [7, 11) is 0. The largest absolute Gasteiger partial charge is 0.373 e. The molecule has 0 amide bonds. The van der Waals surface area contributed by atoms with E-state index in [0.29, 0.717) is 12.6 Å². The maximum Gasteiger partial charge on any atom is 0.0811 e. The number of rotatable bonds is 3. The van der Waals surface area contributed by atoms with Gasteiger partial charge in [0, 0.05) is 11.5 Å². The lowest BCUT2D eigenvalue weighted by molar-refractivity contribution is 0.399. The number of nitrogens with zero attached hydrogens (tertiary/aromatic N) is 3. The minimum atomic E-state index is 0.389. The van der Waals surface area contributed by atoms with Crippen molar-refractivity contribution in [2.24, 2.45) is 5.11 Å². The van der Waals surface area contributed by atoms with Crippen molar-refractivity contribution in [3.05, 3.63) is 10.4 Å². The standard InChI is InChI=1S/C4H7N3O/c5-7-6-2-1-4-3-8-4/h4H,1-3H2/t4-/m0/s1. The molecule has 0 aromatic heterocycles. The van der Waals surface area contributed by atoms with Gasteiger partial charge in [-0.3, -0.25) is 0 Å². The molecule has 0 unspecified atom stereocenters. The Morgan fingerprint density at radius 1 is 1.88 bits per heavy atom. The van der Waals surface area contributed by atoms with Crippen molar-refractivity contribution in [3.63, 3.8) is 0 Å². The number of hydrogen-bond donors (Lipinski definition) is 0. The summed E-state index contributed by atoms with van der Waals surface area (Å²) >= 11 is 0. The van der Waals surface area contributed by atoms with Crippen LogP contribution in [0.1, 0.15) is 6.42 Å². The molecule has 0 spiro atoms. The molecular weight excluding hydrogens is 106 g/mol. The first-order valence-electron chi connectivity index (χ1n) is 2.56. The molecule has 44 valence electrons. The summed E-state index contributed by atoms with van der Waals surface area (Å²) in [6.45, 7) is 1.42. The van der Waals surface area contributed by atoms with Gasteiger partial charge in [0.2, 0.25) is 0 Å². The van der Waals surface area contributed by atoms with E-state index in [-0.39, 0.29) is 0 Å². The van der Waals surface area contributed by atoms with E-state index in [4.69, 9.17) is 10.3 Å². The minimum absolute atomic E-state index is 0.389. The summed E-state index contributed by atoms with van der Waals surface area (Å²) in [5, 5.41) is 3.35. The van der Waals surface area contributed by atoms with Crippen LogP contribution in [0.15, 0.2) is 5.11 Å². The fourth-order valence-electron chi connectivity index (χ4n) is 0.481. The van der Waals surface area contributed by atoms with E-state index in [1.165, 1.54) is 0 Å². The third-order valence-electron chi connectivity index (χ3n) is 1.02. The molecule has 0 saturated carbocycles. The highest BCUT2D eigenvalue weighted by Crippen LogP contribution is 2.12. The van der Waals surface area contributed by atoms with Gasteiger partial charge in [-0.05, 0) is 12.0 Å². The van der Waals surface area contributed by atoms with Gasteiger partial charge in [0.05, 0.1) is 12.7 Å². The predicted octanol–water partition coefficient (Wildman–Crippen LogP) is 1.09. The monoisotopic (exact) mass is 113 g/mol. The summed E-state index contributed by atoms with van der Waals surface area (Å²) in [5.74, 6) is 0. The smallest absolute Gasteiger partial charge is 0.0811 e. The minimum Gasteiger partial charge on any atom is -0.373 e. The first kappa shape index (κ1) is 5.41. The Morgan fingerprint density at radius 3 is 3.12 bits per heavy atom. The van der Waals surface area contributed by atoms with Gasteiger partial charge in [0.1, 0.15) is 0 Å². The van der Waals surface area contributed by atoms with Crippen molar-refractivity contribution in [2.45, 2.75) is 12.5 Å². The first-order chi connectivity index (χ1) is 3.93. The Labute approximate surface area is 47.1 Å². The molecule has 1 saturated heterocycles. The molecule has 1 fully saturated rings. The van der Waals surface area contributed by atoms with Crippen LogP contribution in [-0.2, 0) is 4.74 Å².